The summed E-state index contributed by atoms with van der Waals surface area (Å²) in [5.74, 6) is 2.94. The zero-order valence-electron chi connectivity index (χ0n) is 16.1. The standard InChI is InChI=1S/C21H21ClN6O/c1-26-13-19-24-25-20(28(19)17-6-5-15(22)12-16(17)21(26)29)14-7-10-27(11-8-14)18-4-2-3-9-23-18/h2-6,9,12,14H,7-8,10-11,13H2,1H3. The monoisotopic (exact) mass is 408 g/mol. The van der Waals surface area contributed by atoms with Crippen molar-refractivity contribution in [2.45, 2.75) is 25.3 Å². The van der Waals surface area contributed by atoms with Crippen molar-refractivity contribution in [1.82, 2.24) is 24.6 Å². The van der Waals surface area contributed by atoms with Crippen molar-refractivity contribution in [3.8, 4) is 5.69 Å². The van der Waals surface area contributed by atoms with Gasteiger partial charge in [0.05, 0.1) is 17.8 Å². The number of nitrogens with zero attached hydrogens (tertiary/aromatic N) is 6. The van der Waals surface area contributed by atoms with Crippen LogP contribution in [-0.2, 0) is 6.54 Å². The molecule has 0 aliphatic carbocycles. The molecule has 0 atom stereocenters. The molecular weight excluding hydrogens is 388 g/mol. The number of carbonyl (C=O) groups excluding carboxylic acids is 1. The van der Waals surface area contributed by atoms with E-state index in [4.69, 9.17) is 11.6 Å². The van der Waals surface area contributed by atoms with E-state index in [0.717, 1.165) is 49.1 Å². The molecular formula is C21H21ClN6O. The largest absolute Gasteiger partial charge is 0.357 e. The number of benzene rings is 1. The van der Waals surface area contributed by atoms with Crippen LogP contribution in [0.3, 0.4) is 0 Å². The average molecular weight is 409 g/mol. The normalized spacial score (nSPS) is 17.1. The lowest BCUT2D eigenvalue weighted by atomic mass is 9.95. The molecule has 2 aliphatic rings. The number of anilines is 1. The van der Waals surface area contributed by atoms with Crippen molar-refractivity contribution >= 4 is 23.3 Å². The van der Waals surface area contributed by atoms with Gasteiger partial charge in [-0.2, -0.15) is 0 Å². The molecule has 0 N–H and O–H groups in total. The maximum absolute atomic E-state index is 12.8. The Morgan fingerprint density at radius 1 is 1.10 bits per heavy atom. The van der Waals surface area contributed by atoms with Gasteiger partial charge in [0, 0.05) is 37.3 Å². The van der Waals surface area contributed by atoms with E-state index in [-0.39, 0.29) is 11.8 Å². The zero-order chi connectivity index (χ0) is 20.0. The minimum Gasteiger partial charge on any atom is -0.357 e. The van der Waals surface area contributed by atoms with Crippen LogP contribution in [0.1, 0.15) is 40.8 Å². The van der Waals surface area contributed by atoms with Gasteiger partial charge in [-0.3, -0.25) is 9.36 Å². The minimum absolute atomic E-state index is 0.0519. The molecule has 0 radical (unpaired) electrons. The Morgan fingerprint density at radius 3 is 2.69 bits per heavy atom. The number of piperidine rings is 1. The lowest BCUT2D eigenvalue weighted by Gasteiger charge is -2.32. The lowest BCUT2D eigenvalue weighted by molar-refractivity contribution is 0.0786. The first-order chi connectivity index (χ1) is 14.1. The van der Waals surface area contributed by atoms with Crippen LogP contribution in [0.2, 0.25) is 5.02 Å². The van der Waals surface area contributed by atoms with E-state index in [0.29, 0.717) is 17.1 Å². The van der Waals surface area contributed by atoms with Gasteiger partial charge in [-0.05, 0) is 43.2 Å². The molecule has 5 rings (SSSR count). The van der Waals surface area contributed by atoms with E-state index in [1.54, 1.807) is 18.0 Å². The van der Waals surface area contributed by atoms with Gasteiger partial charge >= 0.3 is 0 Å². The van der Waals surface area contributed by atoms with E-state index < -0.39 is 0 Å². The van der Waals surface area contributed by atoms with Crippen molar-refractivity contribution in [1.29, 1.82) is 0 Å². The molecule has 29 heavy (non-hydrogen) atoms. The van der Waals surface area contributed by atoms with E-state index in [9.17, 15) is 4.79 Å². The molecule has 1 fully saturated rings. The summed E-state index contributed by atoms with van der Waals surface area (Å²) in [5.41, 5.74) is 1.40. The molecule has 0 bridgehead atoms. The average Bonchev–Trinajstić information content (AvgIpc) is 3.13. The van der Waals surface area contributed by atoms with E-state index in [1.165, 1.54) is 0 Å². The summed E-state index contributed by atoms with van der Waals surface area (Å²) in [5, 5.41) is 9.53. The summed E-state index contributed by atoms with van der Waals surface area (Å²) in [4.78, 5) is 21.3. The Labute approximate surface area is 173 Å². The number of rotatable bonds is 2. The summed E-state index contributed by atoms with van der Waals surface area (Å²) in [7, 11) is 1.78. The quantitative estimate of drug-likeness (QED) is 0.651. The highest BCUT2D eigenvalue weighted by molar-refractivity contribution is 6.31. The summed E-state index contributed by atoms with van der Waals surface area (Å²) in [6, 6.07) is 11.4. The molecule has 2 aromatic heterocycles. The van der Waals surface area contributed by atoms with Crippen LogP contribution in [0.5, 0.6) is 0 Å². The summed E-state index contributed by atoms with van der Waals surface area (Å²) >= 11 is 6.18. The number of halogens is 1. The number of hydrogen-bond acceptors (Lipinski definition) is 5. The highest BCUT2D eigenvalue weighted by Crippen LogP contribution is 2.34. The summed E-state index contributed by atoms with van der Waals surface area (Å²) < 4.78 is 2.06. The second-order valence-corrected chi connectivity index (χ2v) is 8.02. The molecule has 0 spiro atoms. The molecule has 0 unspecified atom stereocenters. The van der Waals surface area contributed by atoms with Crippen LogP contribution < -0.4 is 4.90 Å². The Morgan fingerprint density at radius 2 is 1.93 bits per heavy atom. The molecule has 0 saturated carbocycles. The third-order valence-corrected chi connectivity index (χ3v) is 5.98. The summed E-state index contributed by atoms with van der Waals surface area (Å²) in [6.07, 6.45) is 3.75. The van der Waals surface area contributed by atoms with E-state index in [2.05, 4.69) is 24.6 Å². The van der Waals surface area contributed by atoms with E-state index >= 15 is 0 Å². The molecule has 1 amide bonds. The van der Waals surface area contributed by atoms with Crippen molar-refractivity contribution in [2.75, 3.05) is 25.0 Å². The first-order valence-corrected chi connectivity index (χ1v) is 10.1. The molecule has 2 aliphatic heterocycles. The zero-order valence-corrected chi connectivity index (χ0v) is 16.9. The van der Waals surface area contributed by atoms with Gasteiger partial charge in [-0.1, -0.05) is 17.7 Å². The maximum atomic E-state index is 12.8. The van der Waals surface area contributed by atoms with E-state index in [1.807, 2.05) is 36.5 Å². The SMILES string of the molecule is CN1Cc2nnc(C3CCN(c4ccccn4)CC3)n2-c2ccc(Cl)cc2C1=O. The van der Waals surface area contributed by atoms with Crippen LogP contribution in [0, 0.1) is 0 Å². The van der Waals surface area contributed by atoms with Crippen molar-refractivity contribution in [3.05, 3.63) is 64.8 Å². The molecule has 1 aromatic carbocycles. The van der Waals surface area contributed by atoms with Crippen LogP contribution in [0.15, 0.2) is 42.6 Å². The molecule has 7 nitrogen and oxygen atoms in total. The predicted molar refractivity (Wildman–Crippen MR) is 111 cm³/mol. The lowest BCUT2D eigenvalue weighted by Crippen LogP contribution is -2.34. The van der Waals surface area contributed by atoms with Gasteiger partial charge in [0.25, 0.3) is 5.91 Å². The predicted octanol–water partition coefficient (Wildman–Crippen LogP) is 3.29. The smallest absolute Gasteiger partial charge is 0.256 e. The number of carbonyl (C=O) groups is 1. The molecule has 8 heteroatoms. The van der Waals surface area contributed by atoms with Crippen LogP contribution in [0.25, 0.3) is 5.69 Å². The Balaban J connectivity index is 1.48. The van der Waals surface area contributed by atoms with Gasteiger partial charge in [0.1, 0.15) is 11.6 Å². The molecule has 4 heterocycles. The van der Waals surface area contributed by atoms with Crippen LogP contribution in [-0.4, -0.2) is 50.7 Å². The summed E-state index contributed by atoms with van der Waals surface area (Å²) in [6.45, 7) is 2.25. The van der Waals surface area contributed by atoms with Crippen molar-refractivity contribution < 1.29 is 4.79 Å². The first kappa shape index (κ1) is 18.1. The van der Waals surface area contributed by atoms with Gasteiger partial charge < -0.3 is 9.80 Å². The van der Waals surface area contributed by atoms with Gasteiger partial charge in [0.2, 0.25) is 0 Å². The Bertz CT molecular complexity index is 1060. The van der Waals surface area contributed by atoms with Gasteiger partial charge in [-0.25, -0.2) is 4.98 Å². The topological polar surface area (TPSA) is 67.2 Å². The fraction of sp³-hybridized carbons (Fsp3) is 0.333. The fourth-order valence-electron chi connectivity index (χ4n) is 4.23. The number of pyridine rings is 1. The second kappa shape index (κ2) is 7.15. The van der Waals surface area contributed by atoms with Crippen LogP contribution >= 0.6 is 11.6 Å². The van der Waals surface area contributed by atoms with Crippen molar-refractivity contribution in [3.63, 3.8) is 0 Å². The maximum Gasteiger partial charge on any atom is 0.256 e. The van der Waals surface area contributed by atoms with Gasteiger partial charge in [-0.15, -0.1) is 10.2 Å². The Kier molecular flexibility index (Phi) is 4.47. The third-order valence-electron chi connectivity index (χ3n) is 5.74. The van der Waals surface area contributed by atoms with Crippen LogP contribution in [0.4, 0.5) is 5.82 Å². The number of hydrogen-bond donors (Lipinski definition) is 0. The second-order valence-electron chi connectivity index (χ2n) is 7.58. The van der Waals surface area contributed by atoms with Crippen molar-refractivity contribution in [2.24, 2.45) is 0 Å². The highest BCUT2D eigenvalue weighted by Gasteiger charge is 2.31. The first-order valence-electron chi connectivity index (χ1n) is 9.77. The fourth-order valence-corrected chi connectivity index (χ4v) is 4.40. The van der Waals surface area contributed by atoms with Gasteiger partial charge in [0.15, 0.2) is 5.82 Å². The number of fused-ring (bicyclic) bond motifs is 3. The minimum atomic E-state index is -0.0519. The highest BCUT2D eigenvalue weighted by atomic mass is 35.5. The molecule has 1 saturated heterocycles. The number of amides is 1. The molecule has 3 aromatic rings. The third kappa shape index (κ3) is 3.15. The number of aromatic nitrogens is 4. The Hall–Kier alpha value is -2.93. The molecule has 148 valence electrons.